The molecule has 1 saturated carbocycles. The smallest absolute Gasteiger partial charge is 0.315 e. The van der Waals surface area contributed by atoms with Crippen LogP contribution in [-0.4, -0.2) is 24.6 Å². The van der Waals surface area contributed by atoms with Gasteiger partial charge in [0.1, 0.15) is 5.75 Å². The highest BCUT2D eigenvalue weighted by atomic mass is 16.5. The minimum Gasteiger partial charge on any atom is -0.497 e. The van der Waals surface area contributed by atoms with Crippen molar-refractivity contribution in [1.29, 1.82) is 0 Å². The summed E-state index contributed by atoms with van der Waals surface area (Å²) in [5.74, 6) is 2.45. The van der Waals surface area contributed by atoms with Gasteiger partial charge in [0.25, 0.3) is 0 Å². The first-order chi connectivity index (χ1) is 11.2. The number of likely N-dealkylation sites (tertiary alicyclic amines) is 1. The van der Waals surface area contributed by atoms with Crippen LogP contribution < -0.4 is 10.5 Å². The second-order valence-electron chi connectivity index (χ2n) is 7.10. The third kappa shape index (κ3) is 3.80. The van der Waals surface area contributed by atoms with Crippen LogP contribution in [0.25, 0.3) is 0 Å². The van der Waals surface area contributed by atoms with Gasteiger partial charge in [-0.3, -0.25) is 0 Å². The van der Waals surface area contributed by atoms with E-state index >= 15 is 0 Å². The summed E-state index contributed by atoms with van der Waals surface area (Å²) in [6.07, 6.45) is 9.02. The van der Waals surface area contributed by atoms with Crippen molar-refractivity contribution in [3.8, 4) is 5.75 Å². The van der Waals surface area contributed by atoms with Gasteiger partial charge in [-0.1, -0.05) is 37.8 Å². The van der Waals surface area contributed by atoms with Gasteiger partial charge in [0.15, 0.2) is 0 Å². The molecule has 0 aromatic heterocycles. The minimum atomic E-state index is -0.301. The first kappa shape index (κ1) is 16.2. The van der Waals surface area contributed by atoms with Gasteiger partial charge in [-0.15, -0.1) is 0 Å². The lowest BCUT2D eigenvalue weighted by atomic mass is 9.81. The molecule has 0 spiro atoms. The van der Waals surface area contributed by atoms with Gasteiger partial charge in [-0.2, -0.15) is 0 Å². The average Bonchev–Trinajstić information content (AvgIpc) is 3.07. The van der Waals surface area contributed by atoms with Gasteiger partial charge in [-0.25, -0.2) is 4.79 Å². The standard InChI is InChI=1S/C19H28N2O2/c1-23-17-8-6-16(7-9-17)18-13-15(10-11-21(18)19(20)22)12-14-4-2-3-5-14/h6-9,14-15,18H,2-5,10-13H2,1H3,(H2,20,22). The van der Waals surface area contributed by atoms with E-state index in [2.05, 4.69) is 12.1 Å². The normalized spacial score (nSPS) is 25.5. The Balaban J connectivity index is 1.72. The van der Waals surface area contributed by atoms with E-state index in [1.165, 1.54) is 37.7 Å². The Hall–Kier alpha value is -1.71. The molecule has 2 N–H and O–H groups in total. The molecule has 4 nitrogen and oxygen atoms in total. The van der Waals surface area contributed by atoms with Crippen LogP contribution in [0.15, 0.2) is 24.3 Å². The van der Waals surface area contributed by atoms with Crippen molar-refractivity contribution in [1.82, 2.24) is 4.90 Å². The molecule has 0 bridgehead atoms. The Bertz CT molecular complexity index is 523. The molecule has 2 fully saturated rings. The largest absolute Gasteiger partial charge is 0.497 e. The fourth-order valence-electron chi connectivity index (χ4n) is 4.38. The van der Waals surface area contributed by atoms with E-state index in [1.54, 1.807) is 7.11 Å². The fraction of sp³-hybridized carbons (Fsp3) is 0.632. The molecular weight excluding hydrogens is 288 g/mol. The van der Waals surface area contributed by atoms with Crippen LogP contribution >= 0.6 is 0 Å². The molecule has 1 aromatic rings. The number of urea groups is 1. The molecule has 126 valence electrons. The van der Waals surface area contributed by atoms with E-state index in [-0.39, 0.29) is 12.1 Å². The fourth-order valence-corrected chi connectivity index (χ4v) is 4.38. The van der Waals surface area contributed by atoms with E-state index in [0.717, 1.165) is 31.1 Å². The van der Waals surface area contributed by atoms with Crippen molar-refractivity contribution in [2.24, 2.45) is 17.6 Å². The summed E-state index contributed by atoms with van der Waals surface area (Å²) in [4.78, 5) is 13.7. The van der Waals surface area contributed by atoms with Gasteiger partial charge in [0.05, 0.1) is 13.2 Å². The van der Waals surface area contributed by atoms with Gasteiger partial charge >= 0.3 is 6.03 Å². The Morgan fingerprint density at radius 1 is 1.17 bits per heavy atom. The molecule has 1 saturated heterocycles. The molecule has 1 aliphatic heterocycles. The van der Waals surface area contributed by atoms with E-state index in [0.29, 0.717) is 5.92 Å². The van der Waals surface area contributed by atoms with Gasteiger partial charge < -0.3 is 15.4 Å². The number of primary amides is 1. The number of nitrogens with zero attached hydrogens (tertiary/aromatic N) is 1. The van der Waals surface area contributed by atoms with E-state index in [4.69, 9.17) is 10.5 Å². The van der Waals surface area contributed by atoms with E-state index < -0.39 is 0 Å². The zero-order chi connectivity index (χ0) is 16.2. The van der Waals surface area contributed by atoms with Crippen LogP contribution in [0.1, 0.15) is 56.6 Å². The lowest BCUT2D eigenvalue weighted by Crippen LogP contribution is -2.44. The third-order valence-corrected chi connectivity index (χ3v) is 5.64. The zero-order valence-corrected chi connectivity index (χ0v) is 14.0. The Morgan fingerprint density at radius 2 is 1.87 bits per heavy atom. The lowest BCUT2D eigenvalue weighted by molar-refractivity contribution is 0.124. The molecule has 23 heavy (non-hydrogen) atoms. The van der Waals surface area contributed by atoms with Crippen molar-refractivity contribution in [2.45, 2.75) is 51.0 Å². The maximum absolute atomic E-state index is 11.8. The summed E-state index contributed by atoms with van der Waals surface area (Å²) in [5, 5.41) is 0. The van der Waals surface area contributed by atoms with Crippen LogP contribution in [0, 0.1) is 11.8 Å². The van der Waals surface area contributed by atoms with Crippen LogP contribution in [0.2, 0.25) is 0 Å². The number of ether oxygens (including phenoxy) is 1. The molecular formula is C19H28N2O2. The molecule has 2 unspecified atom stereocenters. The zero-order valence-electron chi connectivity index (χ0n) is 14.0. The molecule has 2 aliphatic rings. The molecule has 1 aliphatic carbocycles. The molecule has 2 atom stereocenters. The number of piperidine rings is 1. The number of carbonyl (C=O) groups is 1. The van der Waals surface area contributed by atoms with E-state index in [1.807, 2.05) is 17.0 Å². The lowest BCUT2D eigenvalue weighted by Gasteiger charge is -2.39. The maximum atomic E-state index is 11.8. The second-order valence-corrected chi connectivity index (χ2v) is 7.10. The van der Waals surface area contributed by atoms with Crippen molar-refractivity contribution in [3.05, 3.63) is 29.8 Å². The number of rotatable bonds is 4. The highest BCUT2D eigenvalue weighted by molar-refractivity contribution is 5.72. The maximum Gasteiger partial charge on any atom is 0.315 e. The molecule has 2 amide bonds. The number of methoxy groups -OCH3 is 1. The Morgan fingerprint density at radius 3 is 2.48 bits per heavy atom. The summed E-state index contributed by atoms with van der Waals surface area (Å²) >= 11 is 0. The SMILES string of the molecule is COc1ccc(C2CC(CC3CCCC3)CCN2C(N)=O)cc1. The van der Waals surface area contributed by atoms with Crippen molar-refractivity contribution in [3.63, 3.8) is 0 Å². The molecule has 3 rings (SSSR count). The molecule has 1 aromatic carbocycles. The predicted octanol–water partition coefficient (Wildman–Crippen LogP) is 4.11. The quantitative estimate of drug-likeness (QED) is 0.909. The number of benzene rings is 1. The number of carbonyl (C=O) groups excluding carboxylic acids is 1. The first-order valence-corrected chi connectivity index (χ1v) is 8.87. The summed E-state index contributed by atoms with van der Waals surface area (Å²) in [6, 6.07) is 7.88. The first-order valence-electron chi connectivity index (χ1n) is 8.87. The van der Waals surface area contributed by atoms with Crippen molar-refractivity contribution in [2.75, 3.05) is 13.7 Å². The molecule has 0 radical (unpaired) electrons. The van der Waals surface area contributed by atoms with Crippen LogP contribution in [0.5, 0.6) is 5.75 Å². The predicted molar refractivity (Wildman–Crippen MR) is 91.3 cm³/mol. The molecule has 1 heterocycles. The van der Waals surface area contributed by atoms with Gasteiger partial charge in [-0.05, 0) is 48.8 Å². The Kier molecular flexibility index (Phi) is 5.09. The summed E-state index contributed by atoms with van der Waals surface area (Å²) in [7, 11) is 1.67. The van der Waals surface area contributed by atoms with Crippen LogP contribution in [0.4, 0.5) is 4.79 Å². The average molecular weight is 316 g/mol. The van der Waals surface area contributed by atoms with Crippen LogP contribution in [-0.2, 0) is 0 Å². The monoisotopic (exact) mass is 316 g/mol. The second kappa shape index (κ2) is 7.24. The minimum absolute atomic E-state index is 0.110. The topological polar surface area (TPSA) is 55.6 Å². The Labute approximate surface area is 139 Å². The number of nitrogens with two attached hydrogens (primary N) is 1. The van der Waals surface area contributed by atoms with Crippen molar-refractivity contribution < 1.29 is 9.53 Å². The molecule has 4 heteroatoms. The summed E-state index contributed by atoms with van der Waals surface area (Å²) in [6.45, 7) is 0.781. The summed E-state index contributed by atoms with van der Waals surface area (Å²) < 4.78 is 5.24. The van der Waals surface area contributed by atoms with E-state index in [9.17, 15) is 4.79 Å². The number of hydrogen-bond donors (Lipinski definition) is 1. The number of amides is 2. The third-order valence-electron chi connectivity index (χ3n) is 5.64. The van der Waals surface area contributed by atoms with Gasteiger partial charge in [0, 0.05) is 6.54 Å². The number of hydrogen-bond acceptors (Lipinski definition) is 2. The van der Waals surface area contributed by atoms with Gasteiger partial charge in [0.2, 0.25) is 0 Å². The highest BCUT2D eigenvalue weighted by Gasteiger charge is 2.33. The highest BCUT2D eigenvalue weighted by Crippen LogP contribution is 2.40. The van der Waals surface area contributed by atoms with Crippen molar-refractivity contribution >= 4 is 6.03 Å². The van der Waals surface area contributed by atoms with Crippen LogP contribution in [0.3, 0.4) is 0 Å². The summed E-state index contributed by atoms with van der Waals surface area (Å²) in [5.41, 5.74) is 6.79.